The highest BCUT2D eigenvalue weighted by atomic mass is 19.4. The van der Waals surface area contributed by atoms with Crippen molar-refractivity contribution >= 4 is 16.8 Å². The molecule has 38 heavy (non-hydrogen) atoms. The molecule has 0 aliphatic carbocycles. The van der Waals surface area contributed by atoms with E-state index in [1.807, 2.05) is 12.1 Å². The van der Waals surface area contributed by atoms with E-state index in [-0.39, 0.29) is 29.0 Å². The Morgan fingerprint density at radius 3 is 2.58 bits per heavy atom. The number of hydrogen-bond donors (Lipinski definition) is 2. The molecule has 0 spiro atoms. The number of nitrogens with zero attached hydrogens (tertiary/aromatic N) is 1. The lowest BCUT2D eigenvalue weighted by Gasteiger charge is -2.38. The molecular formula is C28H32F4N2O4. The summed E-state index contributed by atoms with van der Waals surface area (Å²) < 4.78 is 67.9. The Bertz CT molecular complexity index is 1320. The molecule has 3 aromatic rings. The van der Waals surface area contributed by atoms with Crippen molar-refractivity contribution in [2.75, 3.05) is 26.9 Å². The van der Waals surface area contributed by atoms with Crippen molar-refractivity contribution in [3.63, 3.8) is 0 Å². The highest BCUT2D eigenvalue weighted by Gasteiger charge is 2.56. The van der Waals surface area contributed by atoms with Crippen molar-refractivity contribution in [1.82, 2.24) is 9.88 Å². The lowest BCUT2D eigenvalue weighted by atomic mass is 9.73. The average molecular weight is 537 g/mol. The van der Waals surface area contributed by atoms with Crippen LogP contribution in [0.15, 0.2) is 42.5 Å². The Hall–Kier alpha value is -3.11. The minimum Gasteiger partial charge on any atom is -0.496 e. The van der Waals surface area contributed by atoms with Crippen molar-refractivity contribution in [3.05, 3.63) is 65.1 Å². The second-order valence-electron chi connectivity index (χ2n) is 10.6. The third kappa shape index (κ3) is 5.51. The molecule has 2 atom stereocenters. The third-order valence-corrected chi connectivity index (χ3v) is 7.25. The van der Waals surface area contributed by atoms with Gasteiger partial charge in [-0.1, -0.05) is 19.9 Å². The van der Waals surface area contributed by atoms with E-state index < -0.39 is 35.9 Å². The number of carbonyl (C=O) groups excluding carboxylic acids is 1. The summed E-state index contributed by atoms with van der Waals surface area (Å²) in [5, 5.41) is 11.7. The molecule has 0 saturated carbocycles. The van der Waals surface area contributed by atoms with Gasteiger partial charge in [0.05, 0.1) is 26.4 Å². The molecule has 4 rings (SSSR count). The van der Waals surface area contributed by atoms with Gasteiger partial charge in [-0.05, 0) is 59.2 Å². The van der Waals surface area contributed by atoms with Gasteiger partial charge >= 0.3 is 6.18 Å². The molecule has 0 radical (unpaired) electrons. The molecule has 1 aromatic heterocycles. The minimum absolute atomic E-state index is 0.0825. The summed E-state index contributed by atoms with van der Waals surface area (Å²) in [6.45, 7) is 5.76. The number of benzene rings is 2. The van der Waals surface area contributed by atoms with Gasteiger partial charge in [0.15, 0.2) is 5.60 Å². The molecule has 1 fully saturated rings. The van der Waals surface area contributed by atoms with E-state index in [4.69, 9.17) is 9.47 Å². The first-order valence-corrected chi connectivity index (χ1v) is 12.3. The van der Waals surface area contributed by atoms with Crippen molar-refractivity contribution < 1.29 is 36.9 Å². The number of carbonyl (C=O) groups is 1. The second-order valence-corrected chi connectivity index (χ2v) is 10.6. The van der Waals surface area contributed by atoms with Crippen molar-refractivity contribution in [2.45, 2.75) is 56.8 Å². The molecule has 2 N–H and O–H groups in total. The number of aromatic nitrogens is 1. The molecular weight excluding hydrogens is 504 g/mol. The third-order valence-electron chi connectivity index (χ3n) is 7.25. The highest BCUT2D eigenvalue weighted by molar-refractivity contribution is 5.82. The van der Waals surface area contributed by atoms with E-state index in [2.05, 4.69) is 4.98 Å². The average Bonchev–Trinajstić information content (AvgIpc) is 3.24. The summed E-state index contributed by atoms with van der Waals surface area (Å²) in [6, 6.07) is 10.3. The van der Waals surface area contributed by atoms with Crippen LogP contribution in [0, 0.1) is 5.82 Å². The molecule has 1 saturated heterocycles. The molecule has 1 amide bonds. The summed E-state index contributed by atoms with van der Waals surface area (Å²) in [5.41, 5.74) is -2.56. The normalized spacial score (nSPS) is 18.4. The van der Waals surface area contributed by atoms with E-state index >= 15 is 0 Å². The molecule has 206 valence electrons. The van der Waals surface area contributed by atoms with Crippen molar-refractivity contribution in [3.8, 4) is 5.75 Å². The number of morpholine rings is 1. The van der Waals surface area contributed by atoms with Crippen LogP contribution in [0.25, 0.3) is 10.9 Å². The van der Waals surface area contributed by atoms with Gasteiger partial charge in [-0.25, -0.2) is 4.39 Å². The number of aliphatic hydroxyl groups is 1. The highest BCUT2D eigenvalue weighted by Crippen LogP contribution is 2.45. The number of ether oxygens (including phenoxy) is 2. The molecule has 2 aromatic carbocycles. The molecule has 2 unspecified atom stereocenters. The number of aromatic amines is 1. The second kappa shape index (κ2) is 10.2. The Morgan fingerprint density at radius 2 is 1.92 bits per heavy atom. The summed E-state index contributed by atoms with van der Waals surface area (Å²) >= 11 is 0. The van der Waals surface area contributed by atoms with E-state index in [1.165, 1.54) is 40.0 Å². The number of methoxy groups -OCH3 is 1. The number of fused-ring (bicyclic) bond motifs is 1. The summed E-state index contributed by atoms with van der Waals surface area (Å²) in [5.74, 6) is -0.450. The standard InChI is InChI=1S/C28H32F4N2O4/c1-17(35)34-9-10-38-15-24(34)18-5-7-23-19(11-18)12-21(33-23)14-27(36,28(30,31)32)16-26(2,3)22-13-20(29)6-8-25(22)37-4/h5-8,11-13,24,33,36H,9-10,14-16H2,1-4H3. The van der Waals surface area contributed by atoms with Crippen LogP contribution >= 0.6 is 0 Å². The fourth-order valence-corrected chi connectivity index (χ4v) is 5.38. The van der Waals surface area contributed by atoms with Gasteiger partial charge in [0.25, 0.3) is 0 Å². The van der Waals surface area contributed by atoms with E-state index in [0.29, 0.717) is 30.7 Å². The summed E-state index contributed by atoms with van der Waals surface area (Å²) in [7, 11) is 1.36. The van der Waals surface area contributed by atoms with Gasteiger partial charge in [-0.2, -0.15) is 13.2 Å². The van der Waals surface area contributed by atoms with E-state index in [0.717, 1.165) is 11.6 Å². The number of halogens is 4. The fourth-order valence-electron chi connectivity index (χ4n) is 5.38. The van der Waals surface area contributed by atoms with Crippen LogP contribution in [0.3, 0.4) is 0 Å². The van der Waals surface area contributed by atoms with Crippen LogP contribution in [-0.4, -0.2) is 59.5 Å². The maximum atomic E-state index is 14.4. The van der Waals surface area contributed by atoms with Crippen LogP contribution in [-0.2, 0) is 21.4 Å². The first-order valence-electron chi connectivity index (χ1n) is 12.3. The van der Waals surface area contributed by atoms with Crippen LogP contribution in [0.5, 0.6) is 5.75 Å². The molecule has 10 heteroatoms. The number of alkyl halides is 3. The van der Waals surface area contributed by atoms with Gasteiger partial charge in [-0.3, -0.25) is 4.79 Å². The predicted octanol–water partition coefficient (Wildman–Crippen LogP) is 5.44. The summed E-state index contributed by atoms with van der Waals surface area (Å²) in [4.78, 5) is 16.8. The fraction of sp³-hybridized carbons (Fsp3) is 0.464. The van der Waals surface area contributed by atoms with E-state index in [9.17, 15) is 27.5 Å². The zero-order valence-corrected chi connectivity index (χ0v) is 21.8. The number of amides is 1. The maximum absolute atomic E-state index is 14.4. The topological polar surface area (TPSA) is 74.8 Å². The zero-order chi connectivity index (χ0) is 27.9. The largest absolute Gasteiger partial charge is 0.496 e. The lowest BCUT2D eigenvalue weighted by Crippen LogP contribution is -2.51. The number of rotatable bonds is 7. The zero-order valence-electron chi connectivity index (χ0n) is 21.8. The number of nitrogens with one attached hydrogen (secondary N) is 1. The van der Waals surface area contributed by atoms with Crippen molar-refractivity contribution in [1.29, 1.82) is 0 Å². The first-order chi connectivity index (χ1) is 17.7. The molecule has 1 aliphatic heterocycles. The van der Waals surface area contributed by atoms with Gasteiger partial charge in [0.2, 0.25) is 5.91 Å². The molecule has 6 nitrogen and oxygen atoms in total. The van der Waals surface area contributed by atoms with Crippen LogP contribution in [0.4, 0.5) is 17.6 Å². The predicted molar refractivity (Wildman–Crippen MR) is 135 cm³/mol. The van der Waals surface area contributed by atoms with Gasteiger partial charge in [0, 0.05) is 36.7 Å². The Balaban J connectivity index is 1.65. The van der Waals surface area contributed by atoms with Gasteiger partial charge in [-0.15, -0.1) is 0 Å². The van der Waals surface area contributed by atoms with E-state index in [1.54, 1.807) is 17.0 Å². The maximum Gasteiger partial charge on any atom is 0.417 e. The Morgan fingerprint density at radius 1 is 1.18 bits per heavy atom. The Kier molecular flexibility index (Phi) is 7.51. The van der Waals surface area contributed by atoms with Gasteiger partial charge in [0.1, 0.15) is 11.6 Å². The SMILES string of the molecule is COc1ccc(F)cc1C(C)(C)CC(O)(Cc1cc2cc(C3COCCN3C(C)=O)ccc2[nH]1)C(F)(F)F. The monoisotopic (exact) mass is 536 g/mol. The number of H-pyrrole nitrogens is 1. The first kappa shape index (κ1) is 27.9. The Labute approximate surface area is 218 Å². The molecule has 1 aliphatic rings. The minimum atomic E-state index is -4.96. The van der Waals surface area contributed by atoms with Crippen LogP contribution in [0.1, 0.15) is 50.1 Å². The number of hydrogen-bond acceptors (Lipinski definition) is 4. The molecule has 0 bridgehead atoms. The van der Waals surface area contributed by atoms with Gasteiger partial charge < -0.3 is 24.5 Å². The molecule has 2 heterocycles. The van der Waals surface area contributed by atoms with Crippen LogP contribution < -0.4 is 4.74 Å². The van der Waals surface area contributed by atoms with Crippen molar-refractivity contribution in [2.24, 2.45) is 0 Å². The quantitative estimate of drug-likeness (QED) is 0.395. The smallest absolute Gasteiger partial charge is 0.417 e. The lowest BCUT2D eigenvalue weighted by molar-refractivity contribution is -0.266. The summed E-state index contributed by atoms with van der Waals surface area (Å²) in [6.07, 6.45) is -6.42. The van der Waals surface area contributed by atoms with Crippen LogP contribution in [0.2, 0.25) is 0 Å².